The number of nitrogens with zero attached hydrogens (tertiary/aromatic N) is 1. The number of carboxylic acid groups (broad SMARTS) is 1. The number of hydrogen-bond donors (Lipinski definition) is 1. The summed E-state index contributed by atoms with van der Waals surface area (Å²) >= 11 is 0. The van der Waals surface area contributed by atoms with Crippen molar-refractivity contribution < 1.29 is 19.5 Å². The predicted molar refractivity (Wildman–Crippen MR) is 83.2 cm³/mol. The molecule has 22 heavy (non-hydrogen) atoms. The van der Waals surface area contributed by atoms with Gasteiger partial charge in [-0.2, -0.15) is 0 Å². The van der Waals surface area contributed by atoms with Crippen LogP contribution in [0.25, 0.3) is 0 Å². The number of hydrogen-bond acceptors (Lipinski definition) is 3. The second-order valence-corrected chi connectivity index (χ2v) is 5.94. The summed E-state index contributed by atoms with van der Waals surface area (Å²) in [5.74, 6) is -0.790. The third kappa shape index (κ3) is 3.53. The molecule has 0 aliphatic carbocycles. The Morgan fingerprint density at radius 2 is 2.00 bits per heavy atom. The van der Waals surface area contributed by atoms with Crippen molar-refractivity contribution >= 4 is 23.3 Å². The summed E-state index contributed by atoms with van der Waals surface area (Å²) in [7, 11) is 0. The first-order chi connectivity index (χ1) is 10.4. The lowest BCUT2D eigenvalue weighted by molar-refractivity contribution is -0.137. The third-order valence-electron chi connectivity index (χ3n) is 3.84. The number of carbonyl (C=O) groups excluding carboxylic acids is 2. The fourth-order valence-corrected chi connectivity index (χ4v) is 2.66. The van der Waals surface area contributed by atoms with E-state index in [0.717, 1.165) is 11.3 Å². The maximum Gasteiger partial charge on any atom is 0.303 e. The van der Waals surface area contributed by atoms with Crippen LogP contribution < -0.4 is 4.90 Å². The van der Waals surface area contributed by atoms with Gasteiger partial charge in [-0.15, -0.1) is 0 Å². The Morgan fingerprint density at radius 1 is 1.27 bits per heavy atom. The van der Waals surface area contributed by atoms with E-state index in [2.05, 4.69) is 0 Å². The van der Waals surface area contributed by atoms with E-state index in [1.807, 2.05) is 26.0 Å². The van der Waals surface area contributed by atoms with Crippen LogP contribution in [-0.4, -0.2) is 29.3 Å². The van der Waals surface area contributed by atoms with Crippen LogP contribution in [0.3, 0.4) is 0 Å². The molecule has 0 atom stereocenters. The van der Waals surface area contributed by atoms with Crippen LogP contribution in [0.2, 0.25) is 0 Å². The van der Waals surface area contributed by atoms with Gasteiger partial charge in [0.2, 0.25) is 5.91 Å². The van der Waals surface area contributed by atoms with Gasteiger partial charge < -0.3 is 10.0 Å². The van der Waals surface area contributed by atoms with Gasteiger partial charge in [0.25, 0.3) is 0 Å². The molecule has 1 aliphatic rings. The van der Waals surface area contributed by atoms with Gasteiger partial charge in [0.05, 0.1) is 6.42 Å². The normalized spacial score (nSPS) is 13.6. The SMILES string of the molecule is CC(C)C(=O)c1ccc2c(c1)CC(=O)N2CCCCC(=O)O. The number of benzene rings is 1. The van der Waals surface area contributed by atoms with E-state index < -0.39 is 5.97 Å². The summed E-state index contributed by atoms with van der Waals surface area (Å²) in [5, 5.41) is 8.63. The number of amides is 1. The Bertz CT molecular complexity index is 607. The minimum Gasteiger partial charge on any atom is -0.481 e. The van der Waals surface area contributed by atoms with Crippen molar-refractivity contribution in [2.24, 2.45) is 5.92 Å². The molecule has 1 N–H and O–H groups in total. The molecule has 0 aromatic heterocycles. The van der Waals surface area contributed by atoms with Gasteiger partial charge in [0.15, 0.2) is 5.78 Å². The number of aliphatic carboxylic acids is 1. The van der Waals surface area contributed by atoms with Gasteiger partial charge in [-0.25, -0.2) is 0 Å². The average Bonchev–Trinajstić information content (AvgIpc) is 2.77. The summed E-state index contributed by atoms with van der Waals surface area (Å²) in [6, 6.07) is 5.41. The molecule has 1 heterocycles. The van der Waals surface area contributed by atoms with Crippen LogP contribution in [0, 0.1) is 5.92 Å². The number of carbonyl (C=O) groups is 3. The number of ketones is 1. The molecule has 0 fully saturated rings. The lowest BCUT2D eigenvalue weighted by Crippen LogP contribution is -2.27. The van der Waals surface area contributed by atoms with Crippen LogP contribution in [0.1, 0.15) is 49.0 Å². The predicted octanol–water partition coefficient (Wildman–Crippen LogP) is 2.67. The van der Waals surface area contributed by atoms with Crippen LogP contribution in [0.5, 0.6) is 0 Å². The molecule has 0 bridgehead atoms. The zero-order valence-electron chi connectivity index (χ0n) is 13.0. The molecule has 0 radical (unpaired) electrons. The van der Waals surface area contributed by atoms with Gasteiger partial charge in [-0.1, -0.05) is 13.8 Å². The Labute approximate surface area is 129 Å². The van der Waals surface area contributed by atoms with Gasteiger partial charge in [0, 0.05) is 30.1 Å². The first-order valence-electron chi connectivity index (χ1n) is 7.59. The van der Waals surface area contributed by atoms with Crippen LogP contribution in [-0.2, 0) is 16.0 Å². The number of rotatable bonds is 7. The highest BCUT2D eigenvalue weighted by molar-refractivity contribution is 6.04. The summed E-state index contributed by atoms with van der Waals surface area (Å²) in [5.41, 5.74) is 2.38. The zero-order valence-corrected chi connectivity index (χ0v) is 13.0. The third-order valence-corrected chi connectivity index (χ3v) is 3.84. The second-order valence-electron chi connectivity index (χ2n) is 5.94. The first kappa shape index (κ1) is 16.2. The highest BCUT2D eigenvalue weighted by Crippen LogP contribution is 2.30. The van der Waals surface area contributed by atoms with Crippen molar-refractivity contribution in [3.05, 3.63) is 29.3 Å². The maximum absolute atomic E-state index is 12.1. The average molecular weight is 303 g/mol. The van der Waals surface area contributed by atoms with Gasteiger partial charge in [-0.3, -0.25) is 14.4 Å². The molecule has 0 saturated carbocycles. The van der Waals surface area contributed by atoms with E-state index in [1.165, 1.54) is 0 Å². The second kappa shape index (κ2) is 6.73. The molecule has 1 aromatic carbocycles. The largest absolute Gasteiger partial charge is 0.481 e. The highest BCUT2D eigenvalue weighted by Gasteiger charge is 2.27. The van der Waals surface area contributed by atoms with E-state index in [-0.39, 0.29) is 24.0 Å². The Morgan fingerprint density at radius 3 is 2.64 bits per heavy atom. The van der Waals surface area contributed by atoms with E-state index >= 15 is 0 Å². The van der Waals surface area contributed by atoms with E-state index in [0.29, 0.717) is 31.4 Å². The number of anilines is 1. The topological polar surface area (TPSA) is 74.7 Å². The van der Waals surface area contributed by atoms with Gasteiger partial charge in [0.1, 0.15) is 0 Å². The minimum atomic E-state index is -0.815. The minimum absolute atomic E-state index is 0.0134. The maximum atomic E-state index is 12.1. The molecule has 1 aromatic rings. The summed E-state index contributed by atoms with van der Waals surface area (Å²) < 4.78 is 0. The molecule has 5 heteroatoms. The Balaban J connectivity index is 2.07. The van der Waals surface area contributed by atoms with E-state index in [1.54, 1.807) is 11.0 Å². The molecule has 118 valence electrons. The molecule has 1 amide bonds. The van der Waals surface area contributed by atoms with Gasteiger partial charge >= 0.3 is 5.97 Å². The summed E-state index contributed by atoms with van der Waals surface area (Å²) in [6.07, 6.45) is 1.65. The molecule has 2 rings (SSSR count). The van der Waals surface area contributed by atoms with Crippen molar-refractivity contribution in [1.29, 1.82) is 0 Å². The molecule has 0 spiro atoms. The smallest absolute Gasteiger partial charge is 0.303 e. The van der Waals surface area contributed by atoms with Gasteiger partial charge in [-0.05, 0) is 36.6 Å². The number of carboxylic acids is 1. The van der Waals surface area contributed by atoms with Crippen molar-refractivity contribution in [2.45, 2.75) is 39.5 Å². The standard InChI is InChI=1S/C17H21NO4/c1-11(2)17(22)12-6-7-14-13(9-12)10-15(19)18(14)8-4-3-5-16(20)21/h6-7,9,11H,3-5,8,10H2,1-2H3,(H,20,21). The lowest BCUT2D eigenvalue weighted by Gasteiger charge is -2.17. The molecule has 0 saturated heterocycles. The fraction of sp³-hybridized carbons (Fsp3) is 0.471. The van der Waals surface area contributed by atoms with Crippen LogP contribution in [0.4, 0.5) is 5.69 Å². The van der Waals surface area contributed by atoms with Crippen LogP contribution in [0.15, 0.2) is 18.2 Å². The first-order valence-corrected chi connectivity index (χ1v) is 7.59. The van der Waals surface area contributed by atoms with Crippen molar-refractivity contribution in [3.8, 4) is 0 Å². The number of fused-ring (bicyclic) bond motifs is 1. The van der Waals surface area contributed by atoms with Crippen molar-refractivity contribution in [2.75, 3.05) is 11.4 Å². The summed E-state index contributed by atoms with van der Waals surface area (Å²) in [6.45, 7) is 4.24. The Hall–Kier alpha value is -2.17. The molecule has 5 nitrogen and oxygen atoms in total. The monoisotopic (exact) mass is 303 g/mol. The number of unbranched alkanes of at least 4 members (excludes halogenated alkanes) is 1. The van der Waals surface area contributed by atoms with Crippen molar-refractivity contribution in [1.82, 2.24) is 0 Å². The Kier molecular flexibility index (Phi) is 4.96. The molecular formula is C17H21NO4. The highest BCUT2D eigenvalue weighted by atomic mass is 16.4. The van der Waals surface area contributed by atoms with Crippen LogP contribution >= 0.6 is 0 Å². The quantitative estimate of drug-likeness (QED) is 0.620. The molecule has 1 aliphatic heterocycles. The fourth-order valence-electron chi connectivity index (χ4n) is 2.66. The number of Topliss-reactive ketones (excluding diaryl/α,β-unsaturated/α-hetero) is 1. The lowest BCUT2D eigenvalue weighted by atomic mass is 9.98. The molecule has 0 unspecified atom stereocenters. The van der Waals surface area contributed by atoms with E-state index in [9.17, 15) is 14.4 Å². The zero-order chi connectivity index (χ0) is 16.3. The van der Waals surface area contributed by atoms with E-state index in [4.69, 9.17) is 5.11 Å². The summed E-state index contributed by atoms with van der Waals surface area (Å²) in [4.78, 5) is 36.3. The molecular weight excluding hydrogens is 282 g/mol. The van der Waals surface area contributed by atoms with Crippen molar-refractivity contribution in [3.63, 3.8) is 0 Å².